The average Bonchev–Trinajstić information content (AvgIpc) is 3.01. The Morgan fingerprint density at radius 1 is 1.10 bits per heavy atom. The van der Waals surface area contributed by atoms with E-state index < -0.39 is 0 Å². The Kier molecular flexibility index (Phi) is 5.94. The number of hydrogen-bond acceptors (Lipinski definition) is 5. The molecule has 0 amide bonds. The molecule has 1 aromatic heterocycles. The van der Waals surface area contributed by atoms with Crippen LogP contribution in [0, 0.1) is 6.92 Å². The molecule has 3 aromatic rings. The molecule has 0 bridgehead atoms. The predicted octanol–water partition coefficient (Wildman–Crippen LogP) is 4.51. The third-order valence-electron chi connectivity index (χ3n) is 6.24. The third-order valence-corrected chi connectivity index (χ3v) is 6.24. The number of hydrogen-bond donors (Lipinski definition) is 1. The van der Waals surface area contributed by atoms with Crippen LogP contribution < -0.4 is 19.7 Å². The lowest BCUT2D eigenvalue weighted by Crippen LogP contribution is -2.39. The number of ether oxygens (including phenoxy) is 2. The van der Waals surface area contributed by atoms with E-state index in [1.807, 2.05) is 25.1 Å². The van der Waals surface area contributed by atoms with Gasteiger partial charge in [0.2, 0.25) is 0 Å². The number of rotatable bonds is 6. The van der Waals surface area contributed by atoms with Gasteiger partial charge in [0.1, 0.15) is 12.7 Å². The molecule has 0 saturated heterocycles. The second-order valence-electron chi connectivity index (χ2n) is 8.59. The molecule has 162 valence electrons. The summed E-state index contributed by atoms with van der Waals surface area (Å²) in [5.41, 5.74) is 4.88. The minimum Gasteiger partial charge on any atom is -0.486 e. The van der Waals surface area contributed by atoms with Crippen LogP contribution in [0.4, 0.5) is 5.69 Å². The van der Waals surface area contributed by atoms with Gasteiger partial charge in [-0.15, -0.1) is 0 Å². The maximum Gasteiger partial charge on any atom is 0.171 e. The van der Waals surface area contributed by atoms with E-state index in [0.717, 1.165) is 60.7 Å². The molecule has 5 nitrogen and oxygen atoms in total. The van der Waals surface area contributed by atoms with Gasteiger partial charge in [0.05, 0.1) is 5.52 Å². The lowest BCUT2D eigenvalue weighted by atomic mass is 10.1. The zero-order chi connectivity index (χ0) is 21.0. The summed E-state index contributed by atoms with van der Waals surface area (Å²) in [7, 11) is 0. The predicted molar refractivity (Wildman–Crippen MR) is 125 cm³/mol. The highest BCUT2D eigenvalue weighted by Crippen LogP contribution is 2.38. The highest BCUT2D eigenvalue weighted by molar-refractivity contribution is 5.88. The highest BCUT2D eigenvalue weighted by Gasteiger charge is 2.23. The zero-order valence-corrected chi connectivity index (χ0v) is 18.3. The van der Waals surface area contributed by atoms with Crippen LogP contribution in [-0.2, 0) is 6.42 Å². The molecule has 0 aliphatic carbocycles. The molecule has 5 rings (SSSR count). The lowest BCUT2D eigenvalue weighted by Gasteiger charge is -2.28. The van der Waals surface area contributed by atoms with Gasteiger partial charge >= 0.3 is 0 Å². The van der Waals surface area contributed by atoms with Crippen LogP contribution in [0.15, 0.2) is 48.5 Å². The summed E-state index contributed by atoms with van der Waals surface area (Å²) in [5.74, 6) is 1.64. The van der Waals surface area contributed by atoms with Crippen molar-refractivity contribution in [2.24, 2.45) is 0 Å². The van der Waals surface area contributed by atoms with Gasteiger partial charge in [-0.2, -0.15) is 0 Å². The summed E-state index contributed by atoms with van der Waals surface area (Å²) in [5, 5.41) is 4.60. The van der Waals surface area contributed by atoms with E-state index in [4.69, 9.17) is 9.47 Å². The van der Waals surface area contributed by atoms with Gasteiger partial charge in [0.25, 0.3) is 0 Å². The SMILES string of the molecule is Cc1ccc2c3c(ccc2n1)OCC(CNCCCN1CCCCc2ccccc21)O3. The minimum atomic E-state index is 0.0123. The number of nitrogens with zero attached hydrogens (tertiary/aromatic N) is 2. The molecule has 2 aliphatic heterocycles. The second kappa shape index (κ2) is 9.15. The van der Waals surface area contributed by atoms with Gasteiger partial charge < -0.3 is 19.7 Å². The average molecular weight is 418 g/mol. The van der Waals surface area contributed by atoms with Crippen LogP contribution in [0.3, 0.4) is 0 Å². The van der Waals surface area contributed by atoms with Crippen LogP contribution in [0.2, 0.25) is 0 Å². The first kappa shape index (κ1) is 20.1. The molecule has 1 atom stereocenters. The van der Waals surface area contributed by atoms with Crippen LogP contribution in [0.25, 0.3) is 10.9 Å². The van der Waals surface area contributed by atoms with Crippen molar-refractivity contribution in [2.45, 2.75) is 38.7 Å². The Hall–Kier alpha value is -2.79. The minimum absolute atomic E-state index is 0.0123. The Labute approximate surface area is 184 Å². The molecule has 3 heterocycles. The summed E-state index contributed by atoms with van der Waals surface area (Å²) in [6, 6.07) is 17.0. The van der Waals surface area contributed by atoms with Crippen LogP contribution in [0.1, 0.15) is 30.5 Å². The van der Waals surface area contributed by atoms with Crippen LogP contribution in [0.5, 0.6) is 11.5 Å². The van der Waals surface area contributed by atoms with E-state index in [2.05, 4.69) is 45.5 Å². The van der Waals surface area contributed by atoms with Crippen LogP contribution >= 0.6 is 0 Å². The number of benzene rings is 2. The number of para-hydroxylation sites is 1. The zero-order valence-electron chi connectivity index (χ0n) is 18.3. The Bertz CT molecular complexity index is 1050. The standard InChI is InChI=1S/C26H31N3O2/c1-19-10-11-22-23(28-19)12-13-25-26(22)31-21(18-30-25)17-27-14-6-16-29-15-5-4-8-20-7-2-3-9-24(20)29/h2-3,7,9-13,21,27H,4-6,8,14-18H2,1H3. The molecule has 5 heteroatoms. The molecule has 1 unspecified atom stereocenters. The van der Waals surface area contributed by atoms with E-state index in [9.17, 15) is 0 Å². The quantitative estimate of drug-likeness (QED) is 0.598. The first-order chi connectivity index (χ1) is 15.3. The fraction of sp³-hybridized carbons (Fsp3) is 0.423. The number of aromatic nitrogens is 1. The molecule has 0 fully saturated rings. The summed E-state index contributed by atoms with van der Waals surface area (Å²) in [4.78, 5) is 7.16. The van der Waals surface area contributed by atoms with Gasteiger partial charge in [-0.1, -0.05) is 18.2 Å². The number of nitrogens with one attached hydrogen (secondary N) is 1. The molecular formula is C26H31N3O2. The van der Waals surface area contributed by atoms with E-state index in [1.54, 1.807) is 0 Å². The highest BCUT2D eigenvalue weighted by atomic mass is 16.6. The van der Waals surface area contributed by atoms with E-state index in [1.165, 1.54) is 30.5 Å². The Morgan fingerprint density at radius 2 is 2.03 bits per heavy atom. The number of pyridine rings is 1. The fourth-order valence-corrected chi connectivity index (χ4v) is 4.64. The third kappa shape index (κ3) is 4.47. The molecular weight excluding hydrogens is 386 g/mol. The smallest absolute Gasteiger partial charge is 0.171 e. The van der Waals surface area contributed by atoms with Crippen molar-refractivity contribution in [2.75, 3.05) is 37.7 Å². The molecule has 1 N–H and O–H groups in total. The second-order valence-corrected chi connectivity index (χ2v) is 8.59. The number of fused-ring (bicyclic) bond motifs is 4. The lowest BCUT2D eigenvalue weighted by molar-refractivity contribution is 0.0925. The van der Waals surface area contributed by atoms with Crippen molar-refractivity contribution < 1.29 is 9.47 Å². The molecule has 0 spiro atoms. The van der Waals surface area contributed by atoms with E-state index in [-0.39, 0.29) is 6.10 Å². The maximum atomic E-state index is 6.31. The molecule has 31 heavy (non-hydrogen) atoms. The van der Waals surface area contributed by atoms with Crippen molar-refractivity contribution >= 4 is 16.6 Å². The fourth-order valence-electron chi connectivity index (χ4n) is 4.64. The van der Waals surface area contributed by atoms with Crippen molar-refractivity contribution in [3.05, 3.63) is 59.8 Å². The van der Waals surface area contributed by atoms with E-state index >= 15 is 0 Å². The van der Waals surface area contributed by atoms with E-state index in [0.29, 0.717) is 6.61 Å². The van der Waals surface area contributed by atoms with Crippen molar-refractivity contribution in [1.29, 1.82) is 0 Å². The van der Waals surface area contributed by atoms with Crippen molar-refractivity contribution in [3.63, 3.8) is 0 Å². The molecule has 0 saturated carbocycles. The van der Waals surface area contributed by atoms with Gasteiger partial charge in [-0.25, -0.2) is 0 Å². The largest absolute Gasteiger partial charge is 0.486 e. The van der Waals surface area contributed by atoms with Gasteiger partial charge in [-0.3, -0.25) is 4.98 Å². The van der Waals surface area contributed by atoms with Crippen molar-refractivity contribution in [3.8, 4) is 11.5 Å². The normalized spacial score (nSPS) is 18.0. The van der Waals surface area contributed by atoms with Gasteiger partial charge in [-0.05, 0) is 75.0 Å². The molecule has 2 aromatic carbocycles. The summed E-state index contributed by atoms with van der Waals surface area (Å²) in [6.07, 6.45) is 4.89. The molecule has 2 aliphatic rings. The monoisotopic (exact) mass is 417 g/mol. The van der Waals surface area contributed by atoms with Crippen LogP contribution in [-0.4, -0.2) is 43.9 Å². The van der Waals surface area contributed by atoms with Gasteiger partial charge in [0, 0.05) is 36.4 Å². The topological polar surface area (TPSA) is 46.6 Å². The first-order valence-electron chi connectivity index (χ1n) is 11.5. The summed E-state index contributed by atoms with van der Waals surface area (Å²) in [6.45, 7) is 6.59. The Balaban J connectivity index is 1.13. The molecule has 0 radical (unpaired) electrons. The number of anilines is 1. The summed E-state index contributed by atoms with van der Waals surface area (Å²) >= 11 is 0. The first-order valence-corrected chi connectivity index (χ1v) is 11.5. The van der Waals surface area contributed by atoms with Gasteiger partial charge in [0.15, 0.2) is 11.5 Å². The maximum absolute atomic E-state index is 6.31. The number of aryl methyl sites for hydroxylation is 2. The summed E-state index contributed by atoms with van der Waals surface area (Å²) < 4.78 is 12.3. The van der Waals surface area contributed by atoms with Crippen molar-refractivity contribution in [1.82, 2.24) is 10.3 Å². The Morgan fingerprint density at radius 3 is 3.00 bits per heavy atom.